The Bertz CT molecular complexity index is 1350. The summed E-state index contributed by atoms with van der Waals surface area (Å²) in [6, 6.07) is 16.1. The first kappa shape index (κ1) is 21.1. The number of para-hydroxylation sites is 1. The summed E-state index contributed by atoms with van der Waals surface area (Å²) >= 11 is 7.22. The number of hydrogen-bond acceptors (Lipinski definition) is 5. The molecule has 0 bridgehead atoms. The zero-order chi connectivity index (χ0) is 22.0. The Hall–Kier alpha value is -3.16. The molecule has 0 fully saturated rings. The summed E-state index contributed by atoms with van der Waals surface area (Å²) in [6.07, 6.45) is 1.65. The third-order valence-corrected chi connectivity index (χ3v) is 5.85. The summed E-state index contributed by atoms with van der Waals surface area (Å²) in [6.45, 7) is 3.82. The fraction of sp³-hybridized carbons (Fsp3) is 0.130. The van der Waals surface area contributed by atoms with Gasteiger partial charge in [-0.05, 0) is 61.4 Å². The number of aromatic nitrogens is 3. The standard InChI is InChI=1S/C23H19ClN4O2S/c1-14-9-10-25-20(11-14)28-22(30)17-5-3-4-6-18(17)27-23(28)31-13-21(29)26-19-12-16(24)8-7-15(19)2/h3-12H,13H2,1-2H3,(H,26,29). The molecule has 0 aliphatic heterocycles. The Labute approximate surface area is 188 Å². The maximum absolute atomic E-state index is 13.2. The first-order valence-electron chi connectivity index (χ1n) is 9.56. The minimum Gasteiger partial charge on any atom is -0.325 e. The van der Waals surface area contributed by atoms with E-state index in [0.717, 1.165) is 11.1 Å². The molecular weight excluding hydrogens is 432 g/mol. The van der Waals surface area contributed by atoms with Crippen molar-refractivity contribution in [3.63, 3.8) is 0 Å². The monoisotopic (exact) mass is 450 g/mol. The van der Waals surface area contributed by atoms with Gasteiger partial charge in [-0.2, -0.15) is 0 Å². The van der Waals surface area contributed by atoms with Gasteiger partial charge in [0.2, 0.25) is 5.91 Å². The van der Waals surface area contributed by atoms with Gasteiger partial charge in [0.15, 0.2) is 5.16 Å². The van der Waals surface area contributed by atoms with Crippen LogP contribution >= 0.6 is 23.4 Å². The number of amides is 1. The first-order valence-corrected chi connectivity index (χ1v) is 10.9. The predicted octanol–water partition coefficient (Wildman–Crippen LogP) is 4.78. The quantitative estimate of drug-likeness (QED) is 0.349. The number of fused-ring (bicyclic) bond motifs is 1. The predicted molar refractivity (Wildman–Crippen MR) is 125 cm³/mol. The number of carbonyl (C=O) groups excluding carboxylic acids is 1. The van der Waals surface area contributed by atoms with Gasteiger partial charge in [-0.1, -0.05) is 41.6 Å². The van der Waals surface area contributed by atoms with Gasteiger partial charge in [-0.3, -0.25) is 9.59 Å². The number of hydrogen-bond donors (Lipinski definition) is 1. The van der Waals surface area contributed by atoms with Crippen molar-refractivity contribution < 1.29 is 4.79 Å². The molecule has 0 saturated carbocycles. The van der Waals surface area contributed by atoms with Gasteiger partial charge in [-0.25, -0.2) is 14.5 Å². The van der Waals surface area contributed by atoms with Crippen LogP contribution in [0.25, 0.3) is 16.7 Å². The zero-order valence-electron chi connectivity index (χ0n) is 16.9. The third-order valence-electron chi connectivity index (χ3n) is 4.68. The van der Waals surface area contributed by atoms with Crippen molar-refractivity contribution in [3.8, 4) is 5.82 Å². The smallest absolute Gasteiger partial charge is 0.267 e. The van der Waals surface area contributed by atoms with Gasteiger partial charge in [-0.15, -0.1) is 0 Å². The van der Waals surface area contributed by atoms with Crippen molar-refractivity contribution in [2.24, 2.45) is 0 Å². The number of benzene rings is 2. The van der Waals surface area contributed by atoms with Crippen molar-refractivity contribution in [2.75, 3.05) is 11.1 Å². The first-order chi connectivity index (χ1) is 14.9. The molecule has 0 aliphatic carbocycles. The lowest BCUT2D eigenvalue weighted by Crippen LogP contribution is -2.23. The van der Waals surface area contributed by atoms with Gasteiger partial charge in [0.1, 0.15) is 5.82 Å². The molecule has 6 nitrogen and oxygen atoms in total. The largest absolute Gasteiger partial charge is 0.325 e. The van der Waals surface area contributed by atoms with Gasteiger partial charge in [0, 0.05) is 16.9 Å². The molecule has 0 unspecified atom stereocenters. The second-order valence-corrected chi connectivity index (χ2v) is 8.42. The lowest BCUT2D eigenvalue weighted by molar-refractivity contribution is -0.113. The van der Waals surface area contributed by atoms with Crippen LogP contribution in [0.4, 0.5) is 5.69 Å². The van der Waals surface area contributed by atoms with Crippen molar-refractivity contribution in [3.05, 3.63) is 87.3 Å². The van der Waals surface area contributed by atoms with Gasteiger partial charge in [0.25, 0.3) is 5.56 Å². The van der Waals surface area contributed by atoms with E-state index in [1.807, 2.05) is 38.1 Å². The van der Waals surface area contributed by atoms with E-state index in [0.29, 0.717) is 32.6 Å². The van der Waals surface area contributed by atoms with Gasteiger partial charge in [0.05, 0.1) is 16.7 Å². The van der Waals surface area contributed by atoms with Crippen LogP contribution in [0.3, 0.4) is 0 Å². The number of nitrogens with zero attached hydrogens (tertiary/aromatic N) is 3. The van der Waals surface area contributed by atoms with E-state index in [1.165, 1.54) is 16.3 Å². The number of aryl methyl sites for hydroxylation is 2. The molecule has 2 aromatic carbocycles. The Morgan fingerprint density at radius 1 is 1.13 bits per heavy atom. The third kappa shape index (κ3) is 4.62. The summed E-state index contributed by atoms with van der Waals surface area (Å²) in [5.41, 5.74) is 2.88. The molecule has 1 N–H and O–H groups in total. The SMILES string of the molecule is Cc1ccnc(-n2c(SCC(=O)Nc3cc(Cl)ccc3C)nc3ccccc3c2=O)c1. The molecule has 1 amide bonds. The number of thioether (sulfide) groups is 1. The Morgan fingerprint density at radius 3 is 2.74 bits per heavy atom. The topological polar surface area (TPSA) is 76.9 Å². The number of nitrogens with one attached hydrogen (secondary N) is 1. The van der Waals surface area contributed by atoms with Crippen LogP contribution in [0.2, 0.25) is 5.02 Å². The zero-order valence-corrected chi connectivity index (χ0v) is 18.5. The van der Waals surface area contributed by atoms with Crippen LogP contribution in [-0.4, -0.2) is 26.2 Å². The summed E-state index contributed by atoms with van der Waals surface area (Å²) in [7, 11) is 0. The fourth-order valence-corrected chi connectivity index (χ4v) is 4.07. The van der Waals surface area contributed by atoms with Crippen LogP contribution < -0.4 is 10.9 Å². The molecule has 2 heterocycles. The Balaban J connectivity index is 1.68. The van der Waals surface area contributed by atoms with Crippen LogP contribution in [-0.2, 0) is 4.79 Å². The van der Waals surface area contributed by atoms with Crippen molar-refractivity contribution in [2.45, 2.75) is 19.0 Å². The van der Waals surface area contributed by atoms with Gasteiger partial charge >= 0.3 is 0 Å². The molecule has 0 radical (unpaired) electrons. The van der Waals surface area contributed by atoms with E-state index in [2.05, 4.69) is 15.3 Å². The number of halogens is 1. The maximum atomic E-state index is 13.2. The molecule has 8 heteroatoms. The van der Waals surface area contributed by atoms with Crippen LogP contribution in [0.1, 0.15) is 11.1 Å². The Kier molecular flexibility index (Phi) is 6.06. The van der Waals surface area contributed by atoms with E-state index in [9.17, 15) is 9.59 Å². The van der Waals surface area contributed by atoms with E-state index in [-0.39, 0.29) is 17.2 Å². The molecule has 4 aromatic rings. The summed E-state index contributed by atoms with van der Waals surface area (Å²) in [5, 5.41) is 4.31. The molecule has 31 heavy (non-hydrogen) atoms. The number of carbonyl (C=O) groups is 1. The molecule has 156 valence electrons. The Morgan fingerprint density at radius 2 is 1.94 bits per heavy atom. The van der Waals surface area contributed by atoms with Crippen molar-refractivity contribution in [1.29, 1.82) is 0 Å². The normalized spacial score (nSPS) is 10.9. The highest BCUT2D eigenvalue weighted by molar-refractivity contribution is 7.99. The van der Waals surface area contributed by atoms with Crippen molar-refractivity contribution >= 4 is 45.9 Å². The molecule has 4 rings (SSSR count). The van der Waals surface area contributed by atoms with Crippen LogP contribution in [0, 0.1) is 13.8 Å². The minimum absolute atomic E-state index is 0.0720. The molecule has 2 aromatic heterocycles. The second kappa shape index (κ2) is 8.91. The van der Waals surface area contributed by atoms with Crippen LogP contribution in [0.15, 0.2) is 70.7 Å². The van der Waals surface area contributed by atoms with E-state index < -0.39 is 0 Å². The van der Waals surface area contributed by atoms with E-state index in [1.54, 1.807) is 36.5 Å². The lowest BCUT2D eigenvalue weighted by atomic mass is 10.2. The fourth-order valence-electron chi connectivity index (χ4n) is 3.10. The molecular formula is C23H19ClN4O2S. The number of rotatable bonds is 5. The lowest BCUT2D eigenvalue weighted by Gasteiger charge is -2.13. The average Bonchev–Trinajstić information content (AvgIpc) is 2.75. The minimum atomic E-state index is -0.225. The highest BCUT2D eigenvalue weighted by atomic mass is 35.5. The highest BCUT2D eigenvalue weighted by Crippen LogP contribution is 2.23. The van der Waals surface area contributed by atoms with Crippen molar-refractivity contribution in [1.82, 2.24) is 14.5 Å². The summed E-state index contributed by atoms with van der Waals surface area (Å²) in [4.78, 5) is 34.8. The highest BCUT2D eigenvalue weighted by Gasteiger charge is 2.16. The molecule has 0 atom stereocenters. The number of anilines is 1. The van der Waals surface area contributed by atoms with E-state index >= 15 is 0 Å². The molecule has 0 aliphatic rings. The van der Waals surface area contributed by atoms with E-state index in [4.69, 9.17) is 11.6 Å². The second-order valence-electron chi connectivity index (χ2n) is 7.04. The average molecular weight is 451 g/mol. The molecule has 0 saturated heterocycles. The maximum Gasteiger partial charge on any atom is 0.267 e. The summed E-state index contributed by atoms with van der Waals surface area (Å²) < 4.78 is 1.46. The van der Waals surface area contributed by atoms with Gasteiger partial charge < -0.3 is 5.32 Å². The number of pyridine rings is 1. The summed E-state index contributed by atoms with van der Waals surface area (Å²) in [5.74, 6) is 0.320. The molecule has 0 spiro atoms. The van der Waals surface area contributed by atoms with Crippen LogP contribution in [0.5, 0.6) is 0 Å².